The number of anilines is 1. The normalized spacial score (nSPS) is 17.9. The number of unbranched alkanes of at least 4 members (excludes halogenated alkanes) is 1. The maximum Gasteiger partial charge on any atom is 0.425 e. The largest absolute Gasteiger partial charge is 0.425 e. The molecule has 0 spiro atoms. The van der Waals surface area contributed by atoms with Crippen molar-refractivity contribution in [3.63, 3.8) is 0 Å². The van der Waals surface area contributed by atoms with E-state index in [2.05, 4.69) is 0 Å². The molecule has 3 rings (SSSR count). The minimum Gasteiger partial charge on any atom is -0.330 e. The third kappa shape index (κ3) is 3.99. The smallest absolute Gasteiger partial charge is 0.330 e. The van der Waals surface area contributed by atoms with Crippen LogP contribution in [0.5, 0.6) is 0 Å². The number of amides is 2. The van der Waals surface area contributed by atoms with Gasteiger partial charge in [0.25, 0.3) is 11.5 Å². The summed E-state index contributed by atoms with van der Waals surface area (Å²) in [4.78, 5) is 51.4. The predicted molar refractivity (Wildman–Crippen MR) is 105 cm³/mol. The molecule has 3 N–H and O–H groups in total. The fourth-order valence-corrected chi connectivity index (χ4v) is 3.53. The summed E-state index contributed by atoms with van der Waals surface area (Å²) in [5, 5.41) is 3.74. The summed E-state index contributed by atoms with van der Waals surface area (Å²) in [5.74, 6) is -3.23. The average molecular weight is 438 g/mol. The van der Waals surface area contributed by atoms with E-state index in [1.165, 1.54) is 0 Å². The molecule has 1 aliphatic heterocycles. The number of nitrogens with zero attached hydrogens (tertiary/aromatic N) is 1. The van der Waals surface area contributed by atoms with E-state index in [1.54, 1.807) is 42.6 Å². The van der Waals surface area contributed by atoms with Gasteiger partial charge in [-0.15, -0.1) is 0 Å². The highest BCUT2D eigenvalue weighted by atomic mass is 19.4. The molecule has 11 heteroatoms. The molecule has 0 aliphatic carbocycles. The number of halogens is 3. The van der Waals surface area contributed by atoms with Crippen LogP contribution < -0.4 is 21.9 Å². The zero-order valence-corrected chi connectivity index (χ0v) is 16.6. The van der Waals surface area contributed by atoms with Gasteiger partial charge >= 0.3 is 11.9 Å². The van der Waals surface area contributed by atoms with E-state index in [4.69, 9.17) is 0 Å². The number of rotatable bonds is 7. The van der Waals surface area contributed by atoms with E-state index in [-0.39, 0.29) is 19.4 Å². The molecule has 0 saturated carbocycles. The fourth-order valence-electron chi connectivity index (χ4n) is 3.53. The average Bonchev–Trinajstić information content (AvgIpc) is 3.00. The summed E-state index contributed by atoms with van der Waals surface area (Å²) in [5.41, 5.74) is -6.17. The van der Waals surface area contributed by atoms with Crippen molar-refractivity contribution in [1.82, 2.24) is 14.9 Å². The van der Waals surface area contributed by atoms with Gasteiger partial charge in [0.1, 0.15) is 11.4 Å². The Labute approximate surface area is 174 Å². The lowest BCUT2D eigenvalue weighted by atomic mass is 9.91. The Balaban J connectivity index is 2.11. The molecule has 1 aromatic carbocycles. The molecule has 166 valence electrons. The fraction of sp³-hybridized carbons (Fsp3) is 0.400. The Bertz CT molecular complexity index is 1110. The monoisotopic (exact) mass is 438 g/mol. The Morgan fingerprint density at radius 1 is 1.16 bits per heavy atom. The first-order valence-electron chi connectivity index (χ1n) is 9.72. The van der Waals surface area contributed by atoms with Gasteiger partial charge in [-0.25, -0.2) is 4.79 Å². The van der Waals surface area contributed by atoms with Crippen LogP contribution in [0, 0.1) is 0 Å². The Morgan fingerprint density at radius 3 is 2.45 bits per heavy atom. The number of hydrogen-bond donors (Lipinski definition) is 3. The lowest BCUT2D eigenvalue weighted by Gasteiger charge is -2.30. The van der Waals surface area contributed by atoms with E-state index in [0.717, 1.165) is 10.1 Å². The topological polar surface area (TPSA) is 113 Å². The standard InChI is InChI=1S/C20H21F3N4O4/c1-2-3-9-13(28)26-19(20(21,22)23)14-15(24-17(19)30)27(18(31)25-16(14)29)11-10-12-7-5-4-6-8-12/h4-8H,2-3,9-11H2,1H3,(H,24,30)(H,26,28)(H,25,29,31)/t19-/m1/s1. The molecule has 1 aliphatic rings. The minimum atomic E-state index is -5.32. The van der Waals surface area contributed by atoms with Gasteiger partial charge in [0, 0.05) is 13.0 Å². The van der Waals surface area contributed by atoms with Crippen LogP contribution in [0.25, 0.3) is 0 Å². The van der Waals surface area contributed by atoms with Gasteiger partial charge in [0.2, 0.25) is 11.4 Å². The summed E-state index contributed by atoms with van der Waals surface area (Å²) in [6.45, 7) is 1.65. The van der Waals surface area contributed by atoms with E-state index < -0.39 is 46.2 Å². The van der Waals surface area contributed by atoms with Crippen LogP contribution in [0.4, 0.5) is 19.0 Å². The van der Waals surface area contributed by atoms with Crippen molar-refractivity contribution in [1.29, 1.82) is 0 Å². The van der Waals surface area contributed by atoms with E-state index in [1.807, 2.05) is 10.3 Å². The number of aromatic amines is 1. The molecule has 2 aromatic rings. The van der Waals surface area contributed by atoms with Crippen LogP contribution in [0.3, 0.4) is 0 Å². The van der Waals surface area contributed by atoms with Crippen LogP contribution in [-0.4, -0.2) is 27.5 Å². The second-order valence-corrected chi connectivity index (χ2v) is 7.22. The van der Waals surface area contributed by atoms with Gasteiger partial charge in [-0.05, 0) is 18.4 Å². The molecule has 0 bridgehead atoms. The van der Waals surface area contributed by atoms with Crippen LogP contribution in [-0.2, 0) is 28.1 Å². The highest BCUT2D eigenvalue weighted by Crippen LogP contribution is 2.45. The summed E-state index contributed by atoms with van der Waals surface area (Å²) >= 11 is 0. The second-order valence-electron chi connectivity index (χ2n) is 7.22. The molecule has 0 saturated heterocycles. The van der Waals surface area contributed by atoms with Gasteiger partial charge in [0.15, 0.2) is 0 Å². The van der Waals surface area contributed by atoms with Gasteiger partial charge in [-0.1, -0.05) is 43.7 Å². The minimum absolute atomic E-state index is 0.0973. The maximum absolute atomic E-state index is 14.2. The summed E-state index contributed by atoms with van der Waals surface area (Å²) in [7, 11) is 0. The third-order valence-corrected chi connectivity index (χ3v) is 5.12. The zero-order chi connectivity index (χ0) is 22.8. The molecule has 0 fully saturated rings. The SMILES string of the molecule is CCCCC(=O)N[C@@]1(C(F)(F)F)C(=O)Nc2c1c(=O)[nH]c(=O)n2CCc1ccccc1. The van der Waals surface area contributed by atoms with Gasteiger partial charge in [-0.3, -0.25) is 23.9 Å². The van der Waals surface area contributed by atoms with Crippen molar-refractivity contribution in [3.05, 3.63) is 62.3 Å². The van der Waals surface area contributed by atoms with Crippen molar-refractivity contribution < 1.29 is 22.8 Å². The number of carbonyl (C=O) groups excluding carboxylic acids is 2. The highest BCUT2D eigenvalue weighted by molar-refractivity contribution is 6.07. The first kappa shape index (κ1) is 22.3. The molecular formula is C20H21F3N4O4. The molecule has 1 atom stereocenters. The summed E-state index contributed by atoms with van der Waals surface area (Å²) < 4.78 is 43.4. The van der Waals surface area contributed by atoms with Gasteiger partial charge < -0.3 is 10.6 Å². The van der Waals surface area contributed by atoms with Crippen molar-refractivity contribution in [3.8, 4) is 0 Å². The number of nitrogens with one attached hydrogen (secondary N) is 3. The van der Waals surface area contributed by atoms with E-state index >= 15 is 0 Å². The Hall–Kier alpha value is -3.37. The molecule has 2 amide bonds. The molecule has 2 heterocycles. The molecular weight excluding hydrogens is 417 g/mol. The lowest BCUT2D eigenvalue weighted by molar-refractivity contribution is -0.200. The van der Waals surface area contributed by atoms with Crippen molar-refractivity contribution in [2.24, 2.45) is 0 Å². The number of aryl methyl sites for hydroxylation is 1. The molecule has 8 nitrogen and oxygen atoms in total. The van der Waals surface area contributed by atoms with E-state index in [0.29, 0.717) is 12.8 Å². The van der Waals surface area contributed by atoms with Crippen molar-refractivity contribution >= 4 is 17.6 Å². The number of hydrogen-bond acceptors (Lipinski definition) is 4. The number of H-pyrrole nitrogens is 1. The Kier molecular flexibility index (Phi) is 6.05. The third-order valence-electron chi connectivity index (χ3n) is 5.12. The number of carbonyl (C=O) groups is 2. The van der Waals surface area contributed by atoms with E-state index in [9.17, 15) is 32.3 Å². The first-order valence-corrected chi connectivity index (χ1v) is 9.72. The number of alkyl halides is 3. The Morgan fingerprint density at radius 2 is 1.84 bits per heavy atom. The van der Waals surface area contributed by atoms with Crippen LogP contribution in [0.2, 0.25) is 0 Å². The number of benzene rings is 1. The summed E-state index contributed by atoms with van der Waals surface area (Å²) in [6.07, 6.45) is -4.45. The number of aromatic nitrogens is 2. The van der Waals surface area contributed by atoms with Gasteiger partial charge in [0.05, 0.1) is 0 Å². The van der Waals surface area contributed by atoms with Crippen LogP contribution in [0.1, 0.15) is 37.3 Å². The zero-order valence-electron chi connectivity index (χ0n) is 16.6. The second kappa shape index (κ2) is 8.40. The molecule has 0 radical (unpaired) electrons. The van der Waals surface area contributed by atoms with Gasteiger partial charge in [-0.2, -0.15) is 13.2 Å². The molecule has 1 aromatic heterocycles. The molecule has 0 unspecified atom stereocenters. The first-order chi connectivity index (χ1) is 14.6. The molecule has 31 heavy (non-hydrogen) atoms. The summed E-state index contributed by atoms with van der Waals surface area (Å²) in [6, 6.07) is 8.84. The lowest BCUT2D eigenvalue weighted by Crippen LogP contribution is -2.62. The quantitative estimate of drug-likeness (QED) is 0.612. The predicted octanol–water partition coefficient (Wildman–Crippen LogP) is 1.80. The number of fused-ring (bicyclic) bond motifs is 1. The highest BCUT2D eigenvalue weighted by Gasteiger charge is 2.68. The van der Waals surface area contributed by atoms with Crippen molar-refractivity contribution in [2.45, 2.75) is 50.9 Å². The van der Waals surface area contributed by atoms with Crippen molar-refractivity contribution in [2.75, 3.05) is 5.32 Å². The van der Waals surface area contributed by atoms with Crippen LogP contribution >= 0.6 is 0 Å². The maximum atomic E-state index is 14.2. The van der Waals surface area contributed by atoms with Crippen LogP contribution in [0.15, 0.2) is 39.9 Å².